The number of hydrogen-bond donors (Lipinski definition) is 1. The number of nitrogens with zero attached hydrogens (tertiary/aromatic N) is 1. The molecule has 0 bridgehead atoms. The molecule has 1 heterocycles. The van der Waals surface area contributed by atoms with Gasteiger partial charge >= 0.3 is 0 Å². The highest BCUT2D eigenvalue weighted by molar-refractivity contribution is 8.13. The van der Waals surface area contributed by atoms with Crippen molar-refractivity contribution in [3.63, 3.8) is 0 Å². The van der Waals surface area contributed by atoms with Gasteiger partial charge in [-0.1, -0.05) is 56.3 Å². The van der Waals surface area contributed by atoms with Gasteiger partial charge in [0, 0.05) is 18.6 Å². The first kappa shape index (κ1) is 19.3. The molecule has 4 heteroatoms. The molecule has 0 aliphatic carbocycles. The van der Waals surface area contributed by atoms with Crippen molar-refractivity contribution < 1.29 is 4.79 Å². The molecule has 1 atom stereocenters. The van der Waals surface area contributed by atoms with Crippen molar-refractivity contribution in [2.45, 2.75) is 52.5 Å². The average Bonchev–Trinajstić information content (AvgIpc) is 2.47. The van der Waals surface area contributed by atoms with Gasteiger partial charge in [-0.2, -0.15) is 0 Å². The van der Waals surface area contributed by atoms with Crippen LogP contribution in [-0.4, -0.2) is 16.7 Å². The Morgan fingerprint density at radius 1 is 1.48 bits per heavy atom. The predicted octanol–water partition coefficient (Wildman–Crippen LogP) is 3.90. The van der Waals surface area contributed by atoms with E-state index in [-0.39, 0.29) is 18.7 Å². The molecule has 2 N–H and O–H groups in total. The molecule has 23 heavy (non-hydrogen) atoms. The van der Waals surface area contributed by atoms with Crippen LogP contribution in [0.4, 0.5) is 0 Å². The summed E-state index contributed by atoms with van der Waals surface area (Å²) >= 11 is 1.60. The Labute approximate surface area is 144 Å². The summed E-state index contributed by atoms with van der Waals surface area (Å²) < 4.78 is 0. The summed E-state index contributed by atoms with van der Waals surface area (Å²) in [5, 5.41) is 0.640. The molecule has 1 aromatic carbocycles. The maximum absolute atomic E-state index is 11.9. The van der Waals surface area contributed by atoms with Crippen LogP contribution < -0.4 is 5.73 Å². The maximum atomic E-state index is 11.9. The van der Waals surface area contributed by atoms with Crippen molar-refractivity contribution in [1.82, 2.24) is 0 Å². The highest BCUT2D eigenvalue weighted by atomic mass is 32.2. The zero-order valence-corrected chi connectivity index (χ0v) is 14.0. The van der Waals surface area contributed by atoms with Gasteiger partial charge in [-0.05, 0) is 36.8 Å². The molecule has 1 aliphatic heterocycles. The molecule has 0 radical (unpaired) electrons. The lowest BCUT2D eigenvalue weighted by Gasteiger charge is -2.30. The Morgan fingerprint density at radius 2 is 2.26 bits per heavy atom. The van der Waals surface area contributed by atoms with Gasteiger partial charge in [0.25, 0.3) is 0 Å². The molecule has 124 valence electrons. The third kappa shape index (κ3) is 5.44. The maximum Gasteiger partial charge on any atom is 0.209 e. The molecule has 0 spiro atoms. The van der Waals surface area contributed by atoms with Gasteiger partial charge in [0.15, 0.2) is 5.17 Å². The van der Waals surface area contributed by atoms with Gasteiger partial charge in [0.1, 0.15) is 0 Å². The number of unbranched alkanes of at least 4 members (excludes halogenated alkanes) is 1. The minimum atomic E-state index is -0.289. The summed E-state index contributed by atoms with van der Waals surface area (Å²) in [6.45, 7) is 4.15. The van der Waals surface area contributed by atoms with Crippen LogP contribution in [0.25, 0.3) is 0 Å². The third-order valence-corrected chi connectivity index (χ3v) is 4.51. The van der Waals surface area contributed by atoms with Crippen LogP contribution in [0.2, 0.25) is 0 Å². The third-order valence-electron chi connectivity index (χ3n) is 3.71. The summed E-state index contributed by atoms with van der Waals surface area (Å²) in [7, 11) is 0. The number of benzene rings is 1. The second-order valence-corrected chi connectivity index (χ2v) is 6.79. The molecule has 0 fully saturated rings. The SMILES string of the molecule is C.CCCC#CC(=O)Cc1cccc([C@]2(C)CCSC(N)=N2)c1. The molecule has 0 saturated carbocycles. The highest BCUT2D eigenvalue weighted by Crippen LogP contribution is 2.35. The Hall–Kier alpha value is -1.73. The minimum Gasteiger partial charge on any atom is -0.379 e. The summed E-state index contributed by atoms with van der Waals surface area (Å²) in [6, 6.07) is 8.07. The highest BCUT2D eigenvalue weighted by Gasteiger charge is 2.29. The Morgan fingerprint density at radius 3 is 2.96 bits per heavy atom. The molecule has 0 unspecified atom stereocenters. The van der Waals surface area contributed by atoms with E-state index in [1.807, 2.05) is 12.1 Å². The number of nitrogens with two attached hydrogens (primary N) is 1. The van der Waals surface area contributed by atoms with Crippen molar-refractivity contribution in [2.75, 3.05) is 5.75 Å². The number of amidine groups is 1. The second-order valence-electron chi connectivity index (χ2n) is 5.67. The zero-order valence-electron chi connectivity index (χ0n) is 13.2. The van der Waals surface area contributed by atoms with Gasteiger partial charge in [-0.3, -0.25) is 9.79 Å². The average molecular weight is 330 g/mol. The van der Waals surface area contributed by atoms with Crippen LogP contribution in [0, 0.1) is 11.8 Å². The summed E-state index contributed by atoms with van der Waals surface area (Å²) in [4.78, 5) is 16.5. The Balaban J connectivity index is 0.00000264. The molecular weight excluding hydrogens is 304 g/mol. The number of carbonyl (C=O) groups excluding carboxylic acids is 1. The molecule has 1 aliphatic rings. The van der Waals surface area contributed by atoms with Crippen molar-refractivity contribution in [3.8, 4) is 11.8 Å². The Kier molecular flexibility index (Phi) is 7.38. The van der Waals surface area contributed by atoms with E-state index in [9.17, 15) is 4.79 Å². The number of carbonyl (C=O) groups is 1. The second kappa shape index (κ2) is 8.79. The molecule has 0 aromatic heterocycles. The number of aliphatic imine (C=N–C) groups is 1. The van der Waals surface area contributed by atoms with Crippen LogP contribution in [0.5, 0.6) is 0 Å². The van der Waals surface area contributed by atoms with Gasteiger partial charge in [0.2, 0.25) is 5.78 Å². The number of Topliss-reactive ketones (excluding diaryl/α,β-unsaturated/α-hetero) is 1. The van der Waals surface area contributed by atoms with E-state index in [1.54, 1.807) is 11.8 Å². The quantitative estimate of drug-likeness (QED) is 0.673. The lowest BCUT2D eigenvalue weighted by molar-refractivity contribution is -0.113. The van der Waals surface area contributed by atoms with Crippen LogP contribution in [0.15, 0.2) is 29.3 Å². The Bertz CT molecular complexity index is 642. The smallest absolute Gasteiger partial charge is 0.209 e. The van der Waals surface area contributed by atoms with E-state index < -0.39 is 0 Å². The molecule has 2 rings (SSSR count). The van der Waals surface area contributed by atoms with E-state index in [2.05, 4.69) is 42.8 Å². The first-order valence-electron chi connectivity index (χ1n) is 7.63. The fraction of sp³-hybridized carbons (Fsp3) is 0.474. The monoisotopic (exact) mass is 330 g/mol. The minimum absolute atomic E-state index is 0. The molecule has 0 amide bonds. The summed E-state index contributed by atoms with van der Waals surface area (Å²) in [6.07, 6.45) is 3.06. The predicted molar refractivity (Wildman–Crippen MR) is 101 cm³/mol. The van der Waals surface area contributed by atoms with Crippen molar-refractivity contribution in [2.24, 2.45) is 10.7 Å². The number of hydrogen-bond acceptors (Lipinski definition) is 4. The van der Waals surface area contributed by atoms with Gasteiger partial charge in [0.05, 0.1) is 5.54 Å². The lowest BCUT2D eigenvalue weighted by Crippen LogP contribution is -2.28. The van der Waals surface area contributed by atoms with Crippen molar-refractivity contribution >= 4 is 22.7 Å². The van der Waals surface area contributed by atoms with Crippen LogP contribution in [0.1, 0.15) is 51.7 Å². The summed E-state index contributed by atoms with van der Waals surface area (Å²) in [5.41, 5.74) is 7.69. The van der Waals surface area contributed by atoms with E-state index in [0.717, 1.165) is 36.1 Å². The zero-order chi connectivity index (χ0) is 16.0. The van der Waals surface area contributed by atoms with E-state index in [1.165, 1.54) is 0 Å². The first-order valence-corrected chi connectivity index (χ1v) is 8.61. The van der Waals surface area contributed by atoms with Gasteiger partial charge in [-0.25, -0.2) is 0 Å². The summed E-state index contributed by atoms with van der Waals surface area (Å²) in [5.74, 6) is 6.55. The first-order chi connectivity index (χ1) is 10.5. The van der Waals surface area contributed by atoms with Gasteiger partial charge < -0.3 is 5.73 Å². The standard InChI is InChI=1S/C18H22N2OS.CH4/c1-3-4-5-9-16(21)13-14-7-6-8-15(12-14)18(2)10-11-22-17(19)20-18;/h6-8,12H,3-4,10-11,13H2,1-2H3,(H2,19,20);1H4/t18-;/m0./s1. The number of ketones is 1. The largest absolute Gasteiger partial charge is 0.379 e. The normalized spacial score (nSPS) is 19.8. The molecular formula is C19H26N2OS. The topological polar surface area (TPSA) is 55.5 Å². The van der Waals surface area contributed by atoms with E-state index in [0.29, 0.717) is 11.6 Å². The van der Waals surface area contributed by atoms with Gasteiger partial charge in [-0.15, -0.1) is 0 Å². The van der Waals surface area contributed by atoms with Crippen LogP contribution >= 0.6 is 11.8 Å². The fourth-order valence-corrected chi connectivity index (χ4v) is 3.40. The molecule has 0 saturated heterocycles. The number of rotatable bonds is 4. The van der Waals surface area contributed by atoms with Crippen LogP contribution in [-0.2, 0) is 16.8 Å². The fourth-order valence-electron chi connectivity index (χ4n) is 2.43. The van der Waals surface area contributed by atoms with Crippen molar-refractivity contribution in [3.05, 3.63) is 35.4 Å². The van der Waals surface area contributed by atoms with E-state index >= 15 is 0 Å². The molecule has 3 nitrogen and oxygen atoms in total. The molecule has 1 aromatic rings. The van der Waals surface area contributed by atoms with Crippen molar-refractivity contribution in [1.29, 1.82) is 0 Å². The lowest BCUT2D eigenvalue weighted by atomic mass is 9.88. The van der Waals surface area contributed by atoms with E-state index in [4.69, 9.17) is 5.73 Å². The number of thioether (sulfide) groups is 1. The van der Waals surface area contributed by atoms with Crippen LogP contribution in [0.3, 0.4) is 0 Å².